The summed E-state index contributed by atoms with van der Waals surface area (Å²) in [5.74, 6) is -0.554. The van der Waals surface area contributed by atoms with E-state index in [1.165, 1.54) is 30.3 Å². The fraction of sp³-hybridized carbons (Fsp3) is 0.214. The summed E-state index contributed by atoms with van der Waals surface area (Å²) in [7, 11) is 0. The molecule has 116 valence electrons. The molecule has 1 heterocycles. The summed E-state index contributed by atoms with van der Waals surface area (Å²) in [4.78, 5) is 11.9. The van der Waals surface area contributed by atoms with E-state index in [2.05, 4.69) is 15.5 Å². The van der Waals surface area contributed by atoms with Crippen molar-refractivity contribution in [3.63, 3.8) is 0 Å². The van der Waals surface area contributed by atoms with Crippen molar-refractivity contribution < 1.29 is 22.7 Å². The first kappa shape index (κ1) is 15.7. The third-order valence-electron chi connectivity index (χ3n) is 2.65. The molecule has 0 saturated carbocycles. The van der Waals surface area contributed by atoms with Gasteiger partial charge in [0.05, 0.1) is 17.9 Å². The predicted octanol–water partition coefficient (Wildman–Crippen LogP) is 3.15. The first-order valence-corrected chi connectivity index (χ1v) is 6.36. The number of ether oxygens (including phenoxy) is 1. The number of nitrogens with one attached hydrogen (secondary N) is 1. The van der Waals surface area contributed by atoms with Crippen molar-refractivity contribution >= 4 is 11.6 Å². The normalized spacial score (nSPS) is 11.1. The van der Waals surface area contributed by atoms with Gasteiger partial charge in [-0.2, -0.15) is 13.2 Å². The van der Waals surface area contributed by atoms with Gasteiger partial charge in [0.1, 0.15) is 0 Å². The summed E-state index contributed by atoms with van der Waals surface area (Å²) < 4.78 is 43.6. The number of amides is 1. The van der Waals surface area contributed by atoms with E-state index >= 15 is 0 Å². The van der Waals surface area contributed by atoms with E-state index in [0.29, 0.717) is 6.61 Å². The van der Waals surface area contributed by atoms with Gasteiger partial charge >= 0.3 is 6.18 Å². The minimum atomic E-state index is -4.56. The maximum atomic E-state index is 12.8. The molecule has 1 aromatic carbocycles. The number of carbonyl (C=O) groups is 1. The molecular weight excluding hydrogens is 299 g/mol. The quantitative estimate of drug-likeness (QED) is 0.942. The standard InChI is InChI=1S/C14H12F3N3O2/c1-2-22-12-8-7-11(19-20-12)13(21)18-10-6-4-3-5-9(10)14(15,16)17/h3-8H,2H2,1H3,(H,18,21). The van der Waals surface area contributed by atoms with Gasteiger partial charge in [0, 0.05) is 6.07 Å². The Hall–Kier alpha value is -2.64. The Morgan fingerprint density at radius 1 is 1.18 bits per heavy atom. The largest absolute Gasteiger partial charge is 0.477 e. The zero-order valence-electron chi connectivity index (χ0n) is 11.5. The molecule has 5 nitrogen and oxygen atoms in total. The second-order valence-electron chi connectivity index (χ2n) is 4.19. The Balaban J connectivity index is 2.19. The van der Waals surface area contributed by atoms with E-state index < -0.39 is 17.6 Å². The highest BCUT2D eigenvalue weighted by Gasteiger charge is 2.33. The van der Waals surface area contributed by atoms with Gasteiger partial charge in [-0.3, -0.25) is 4.79 Å². The van der Waals surface area contributed by atoms with Crippen molar-refractivity contribution in [3.8, 4) is 5.88 Å². The number of anilines is 1. The van der Waals surface area contributed by atoms with Crippen molar-refractivity contribution in [3.05, 3.63) is 47.7 Å². The molecule has 0 unspecified atom stereocenters. The van der Waals surface area contributed by atoms with Gasteiger partial charge in [0.25, 0.3) is 5.91 Å². The smallest absolute Gasteiger partial charge is 0.418 e. The maximum absolute atomic E-state index is 12.8. The second-order valence-corrected chi connectivity index (χ2v) is 4.19. The first-order valence-electron chi connectivity index (χ1n) is 6.36. The van der Waals surface area contributed by atoms with Gasteiger partial charge in [-0.15, -0.1) is 10.2 Å². The van der Waals surface area contributed by atoms with Crippen LogP contribution in [0.15, 0.2) is 36.4 Å². The second kappa shape index (κ2) is 6.42. The van der Waals surface area contributed by atoms with Crippen LogP contribution in [0.25, 0.3) is 0 Å². The summed E-state index contributed by atoms with van der Waals surface area (Å²) >= 11 is 0. The molecule has 0 radical (unpaired) electrons. The Labute approximate surface area is 124 Å². The molecular formula is C14H12F3N3O2. The number of benzene rings is 1. The molecule has 8 heteroatoms. The number of hydrogen-bond acceptors (Lipinski definition) is 4. The van der Waals surface area contributed by atoms with Gasteiger partial charge in [-0.25, -0.2) is 0 Å². The molecule has 0 aliphatic carbocycles. The lowest BCUT2D eigenvalue weighted by Gasteiger charge is -2.13. The lowest BCUT2D eigenvalue weighted by Crippen LogP contribution is -2.18. The van der Waals surface area contributed by atoms with E-state index in [-0.39, 0.29) is 17.3 Å². The summed E-state index contributed by atoms with van der Waals surface area (Å²) in [6.45, 7) is 2.15. The van der Waals surface area contributed by atoms with E-state index in [1.807, 2.05) is 0 Å². The number of nitrogens with zero attached hydrogens (tertiary/aromatic N) is 2. The SMILES string of the molecule is CCOc1ccc(C(=O)Nc2ccccc2C(F)(F)F)nn1. The summed E-state index contributed by atoms with van der Waals surface area (Å²) in [5.41, 5.74) is -1.38. The van der Waals surface area contributed by atoms with E-state index in [4.69, 9.17) is 4.74 Å². The molecule has 0 atom stereocenters. The Bertz CT molecular complexity index is 657. The minimum Gasteiger partial charge on any atom is -0.477 e. The topological polar surface area (TPSA) is 64.1 Å². The number of rotatable bonds is 4. The van der Waals surface area contributed by atoms with Crippen LogP contribution in [-0.2, 0) is 6.18 Å². The number of halogens is 3. The first-order chi connectivity index (χ1) is 10.4. The van der Waals surface area contributed by atoms with Crippen molar-refractivity contribution in [1.29, 1.82) is 0 Å². The fourth-order valence-corrected chi connectivity index (χ4v) is 1.69. The van der Waals surface area contributed by atoms with Gasteiger partial charge in [-0.1, -0.05) is 12.1 Å². The highest BCUT2D eigenvalue weighted by atomic mass is 19.4. The Morgan fingerprint density at radius 2 is 1.91 bits per heavy atom. The van der Waals surface area contributed by atoms with Crippen LogP contribution < -0.4 is 10.1 Å². The summed E-state index contributed by atoms with van der Waals surface area (Å²) in [6, 6.07) is 7.44. The van der Waals surface area contributed by atoms with Gasteiger partial charge in [0.2, 0.25) is 5.88 Å². The van der Waals surface area contributed by atoms with Crippen LogP contribution in [0.5, 0.6) is 5.88 Å². The number of carbonyl (C=O) groups excluding carboxylic acids is 1. The maximum Gasteiger partial charge on any atom is 0.418 e. The molecule has 1 amide bonds. The average molecular weight is 311 g/mol. The molecule has 2 aromatic rings. The summed E-state index contributed by atoms with van der Waals surface area (Å²) in [6.07, 6.45) is -4.56. The van der Waals surface area contributed by atoms with Crippen molar-refractivity contribution in [2.45, 2.75) is 13.1 Å². The van der Waals surface area contributed by atoms with Crippen LogP contribution in [0.4, 0.5) is 18.9 Å². The molecule has 0 aliphatic rings. The van der Waals surface area contributed by atoms with E-state index in [9.17, 15) is 18.0 Å². The average Bonchev–Trinajstić information content (AvgIpc) is 2.48. The highest BCUT2D eigenvalue weighted by Crippen LogP contribution is 2.34. The van der Waals surface area contributed by atoms with Crippen LogP contribution in [0.2, 0.25) is 0 Å². The van der Waals surface area contributed by atoms with Crippen LogP contribution in [0, 0.1) is 0 Å². The molecule has 1 aromatic heterocycles. The lowest BCUT2D eigenvalue weighted by molar-refractivity contribution is -0.136. The van der Waals surface area contributed by atoms with Crippen LogP contribution in [0.1, 0.15) is 23.0 Å². The van der Waals surface area contributed by atoms with Gasteiger partial charge < -0.3 is 10.1 Å². The number of hydrogen-bond donors (Lipinski definition) is 1. The number of para-hydroxylation sites is 1. The van der Waals surface area contributed by atoms with Crippen LogP contribution >= 0.6 is 0 Å². The Kier molecular flexibility index (Phi) is 4.59. The zero-order valence-corrected chi connectivity index (χ0v) is 11.5. The molecule has 0 aliphatic heterocycles. The Morgan fingerprint density at radius 3 is 2.50 bits per heavy atom. The monoisotopic (exact) mass is 311 g/mol. The summed E-state index contributed by atoms with van der Waals surface area (Å²) in [5, 5.41) is 9.45. The molecule has 0 spiro atoms. The molecule has 0 fully saturated rings. The highest BCUT2D eigenvalue weighted by molar-refractivity contribution is 6.03. The van der Waals surface area contributed by atoms with Crippen molar-refractivity contribution in [2.75, 3.05) is 11.9 Å². The molecule has 22 heavy (non-hydrogen) atoms. The van der Waals surface area contributed by atoms with Gasteiger partial charge in [0.15, 0.2) is 5.69 Å². The fourth-order valence-electron chi connectivity index (χ4n) is 1.69. The van der Waals surface area contributed by atoms with Crippen molar-refractivity contribution in [2.24, 2.45) is 0 Å². The molecule has 0 bridgehead atoms. The lowest BCUT2D eigenvalue weighted by atomic mass is 10.1. The van der Waals surface area contributed by atoms with Crippen molar-refractivity contribution in [1.82, 2.24) is 10.2 Å². The third kappa shape index (κ3) is 3.72. The zero-order chi connectivity index (χ0) is 16.2. The number of aromatic nitrogens is 2. The van der Waals surface area contributed by atoms with E-state index in [0.717, 1.165) is 6.07 Å². The minimum absolute atomic E-state index is 0.111. The molecule has 1 N–H and O–H groups in total. The van der Waals surface area contributed by atoms with Gasteiger partial charge in [-0.05, 0) is 25.1 Å². The van der Waals surface area contributed by atoms with Crippen LogP contribution in [0.3, 0.4) is 0 Å². The van der Waals surface area contributed by atoms with Crippen LogP contribution in [-0.4, -0.2) is 22.7 Å². The third-order valence-corrected chi connectivity index (χ3v) is 2.65. The molecule has 0 saturated heterocycles. The van der Waals surface area contributed by atoms with E-state index in [1.54, 1.807) is 6.92 Å². The number of alkyl halides is 3. The predicted molar refractivity (Wildman–Crippen MR) is 72.6 cm³/mol. The molecule has 2 rings (SSSR count).